The third-order valence-corrected chi connectivity index (χ3v) is 4.14. The van der Waals surface area contributed by atoms with Gasteiger partial charge in [-0.15, -0.1) is 0 Å². The first-order valence-electron chi connectivity index (χ1n) is 7.24. The highest BCUT2D eigenvalue weighted by molar-refractivity contribution is 5.76. The SMILES string of the molecule is CC(CNC(=O)C[C@@H]1CCC[C@H]1N)c1ccccc1. The van der Waals surface area contributed by atoms with Crippen LogP contribution in [0.4, 0.5) is 0 Å². The van der Waals surface area contributed by atoms with Crippen LogP contribution >= 0.6 is 0 Å². The number of carbonyl (C=O) groups excluding carboxylic acids is 1. The molecule has 0 aromatic heterocycles. The smallest absolute Gasteiger partial charge is 0.220 e. The second-order valence-corrected chi connectivity index (χ2v) is 5.67. The number of hydrogen-bond acceptors (Lipinski definition) is 2. The Hall–Kier alpha value is -1.35. The number of hydrogen-bond donors (Lipinski definition) is 2. The Balaban J connectivity index is 1.74. The molecule has 3 nitrogen and oxygen atoms in total. The Morgan fingerprint density at radius 1 is 1.37 bits per heavy atom. The number of carbonyl (C=O) groups is 1. The van der Waals surface area contributed by atoms with Crippen LogP contribution in [-0.4, -0.2) is 18.5 Å². The topological polar surface area (TPSA) is 55.1 Å². The highest BCUT2D eigenvalue weighted by Crippen LogP contribution is 2.26. The lowest BCUT2D eigenvalue weighted by molar-refractivity contribution is -0.122. The third kappa shape index (κ3) is 4.06. The zero-order chi connectivity index (χ0) is 13.7. The summed E-state index contributed by atoms with van der Waals surface area (Å²) in [5, 5.41) is 3.03. The molecule has 1 fully saturated rings. The lowest BCUT2D eigenvalue weighted by Gasteiger charge is -2.17. The van der Waals surface area contributed by atoms with Crippen LogP contribution in [0.25, 0.3) is 0 Å². The van der Waals surface area contributed by atoms with Gasteiger partial charge < -0.3 is 11.1 Å². The lowest BCUT2D eigenvalue weighted by Crippen LogP contribution is -2.33. The molecule has 0 aliphatic heterocycles. The van der Waals surface area contributed by atoms with E-state index >= 15 is 0 Å². The molecule has 3 heteroatoms. The number of rotatable bonds is 5. The van der Waals surface area contributed by atoms with Gasteiger partial charge in [-0.25, -0.2) is 0 Å². The van der Waals surface area contributed by atoms with E-state index in [1.54, 1.807) is 0 Å². The summed E-state index contributed by atoms with van der Waals surface area (Å²) in [5.74, 6) is 0.875. The fourth-order valence-corrected chi connectivity index (χ4v) is 2.80. The van der Waals surface area contributed by atoms with E-state index in [1.165, 1.54) is 12.0 Å². The molecule has 2 rings (SSSR count). The van der Waals surface area contributed by atoms with Gasteiger partial charge in [0.15, 0.2) is 0 Å². The predicted molar refractivity (Wildman–Crippen MR) is 77.8 cm³/mol. The molecule has 0 radical (unpaired) electrons. The van der Waals surface area contributed by atoms with E-state index in [0.717, 1.165) is 12.8 Å². The van der Waals surface area contributed by atoms with Gasteiger partial charge in [0.05, 0.1) is 0 Å². The number of benzene rings is 1. The van der Waals surface area contributed by atoms with E-state index in [9.17, 15) is 4.79 Å². The second kappa shape index (κ2) is 6.71. The first-order valence-corrected chi connectivity index (χ1v) is 7.24. The van der Waals surface area contributed by atoms with Crippen molar-refractivity contribution in [1.29, 1.82) is 0 Å². The summed E-state index contributed by atoms with van der Waals surface area (Å²) in [6, 6.07) is 10.5. The Kier molecular flexibility index (Phi) is 4.97. The normalized spacial score (nSPS) is 24.1. The summed E-state index contributed by atoms with van der Waals surface area (Å²) in [6.07, 6.45) is 3.92. The van der Waals surface area contributed by atoms with Crippen LogP contribution in [-0.2, 0) is 4.79 Å². The van der Waals surface area contributed by atoms with Crippen molar-refractivity contribution < 1.29 is 4.79 Å². The van der Waals surface area contributed by atoms with E-state index in [-0.39, 0.29) is 11.9 Å². The monoisotopic (exact) mass is 260 g/mol. The minimum atomic E-state index is 0.144. The molecule has 3 N–H and O–H groups in total. The molecule has 1 aliphatic carbocycles. The maximum atomic E-state index is 11.9. The van der Waals surface area contributed by atoms with Crippen molar-refractivity contribution in [3.63, 3.8) is 0 Å². The van der Waals surface area contributed by atoms with Gasteiger partial charge in [-0.1, -0.05) is 43.7 Å². The molecule has 1 aromatic rings. The van der Waals surface area contributed by atoms with Gasteiger partial charge in [-0.05, 0) is 30.2 Å². The lowest BCUT2D eigenvalue weighted by atomic mass is 9.99. The second-order valence-electron chi connectivity index (χ2n) is 5.67. The Morgan fingerprint density at radius 3 is 2.74 bits per heavy atom. The summed E-state index contributed by atoms with van der Waals surface area (Å²) in [7, 11) is 0. The van der Waals surface area contributed by atoms with Gasteiger partial charge in [0, 0.05) is 19.0 Å². The Bertz CT molecular complexity index is 404. The molecule has 3 atom stereocenters. The van der Waals surface area contributed by atoms with Crippen molar-refractivity contribution in [3.8, 4) is 0 Å². The van der Waals surface area contributed by atoms with E-state index in [2.05, 4.69) is 24.4 Å². The molecule has 1 unspecified atom stereocenters. The largest absolute Gasteiger partial charge is 0.355 e. The number of nitrogens with two attached hydrogens (primary N) is 1. The van der Waals surface area contributed by atoms with Crippen LogP contribution in [0.15, 0.2) is 30.3 Å². The van der Waals surface area contributed by atoms with Crippen molar-refractivity contribution in [2.45, 2.75) is 44.6 Å². The van der Waals surface area contributed by atoms with Gasteiger partial charge >= 0.3 is 0 Å². The van der Waals surface area contributed by atoms with Crippen LogP contribution in [0.3, 0.4) is 0 Å². The fraction of sp³-hybridized carbons (Fsp3) is 0.562. The van der Waals surface area contributed by atoms with E-state index < -0.39 is 0 Å². The highest BCUT2D eigenvalue weighted by Gasteiger charge is 2.25. The van der Waals surface area contributed by atoms with Crippen molar-refractivity contribution in [2.24, 2.45) is 11.7 Å². The summed E-state index contributed by atoms with van der Waals surface area (Å²) in [5.41, 5.74) is 7.26. The van der Waals surface area contributed by atoms with Crippen LogP contribution in [0.2, 0.25) is 0 Å². The van der Waals surface area contributed by atoms with Crippen LogP contribution in [0.5, 0.6) is 0 Å². The van der Waals surface area contributed by atoms with Crippen LogP contribution in [0.1, 0.15) is 44.1 Å². The first kappa shape index (κ1) is 14.1. The molecule has 0 bridgehead atoms. The minimum Gasteiger partial charge on any atom is -0.355 e. The predicted octanol–water partition coefficient (Wildman–Crippen LogP) is 2.42. The molecule has 1 aromatic carbocycles. The minimum absolute atomic E-state index is 0.144. The van der Waals surface area contributed by atoms with Crippen molar-refractivity contribution >= 4 is 5.91 Å². The van der Waals surface area contributed by atoms with Crippen LogP contribution in [0, 0.1) is 5.92 Å². The summed E-state index contributed by atoms with van der Waals surface area (Å²) in [6.45, 7) is 2.84. The van der Waals surface area contributed by atoms with Crippen LogP contribution < -0.4 is 11.1 Å². The summed E-state index contributed by atoms with van der Waals surface area (Å²) >= 11 is 0. The summed E-state index contributed by atoms with van der Waals surface area (Å²) < 4.78 is 0. The molecule has 1 saturated carbocycles. The van der Waals surface area contributed by atoms with Gasteiger partial charge in [-0.3, -0.25) is 4.79 Å². The average molecular weight is 260 g/mol. The first-order chi connectivity index (χ1) is 9.16. The van der Waals surface area contributed by atoms with E-state index in [0.29, 0.717) is 24.8 Å². The third-order valence-electron chi connectivity index (χ3n) is 4.14. The van der Waals surface area contributed by atoms with Gasteiger partial charge in [-0.2, -0.15) is 0 Å². The van der Waals surface area contributed by atoms with Gasteiger partial charge in [0.2, 0.25) is 5.91 Å². The summed E-state index contributed by atoms with van der Waals surface area (Å²) in [4.78, 5) is 11.9. The molecule has 0 saturated heterocycles. The molecule has 0 spiro atoms. The highest BCUT2D eigenvalue weighted by atomic mass is 16.1. The van der Waals surface area contributed by atoms with E-state index in [4.69, 9.17) is 5.73 Å². The van der Waals surface area contributed by atoms with Crippen molar-refractivity contribution in [3.05, 3.63) is 35.9 Å². The molecule has 1 amide bonds. The van der Waals surface area contributed by atoms with E-state index in [1.807, 2.05) is 18.2 Å². The Labute approximate surface area is 115 Å². The molecule has 104 valence electrons. The van der Waals surface area contributed by atoms with Gasteiger partial charge in [0.1, 0.15) is 0 Å². The van der Waals surface area contributed by atoms with Crippen molar-refractivity contribution in [1.82, 2.24) is 5.32 Å². The molecular formula is C16H24N2O. The number of nitrogens with one attached hydrogen (secondary N) is 1. The zero-order valence-corrected chi connectivity index (χ0v) is 11.6. The molecular weight excluding hydrogens is 236 g/mol. The average Bonchev–Trinajstić information content (AvgIpc) is 2.82. The molecule has 19 heavy (non-hydrogen) atoms. The molecule has 1 aliphatic rings. The Morgan fingerprint density at radius 2 is 2.11 bits per heavy atom. The number of amides is 1. The standard InChI is InChI=1S/C16H24N2O/c1-12(13-6-3-2-4-7-13)11-18-16(19)10-14-8-5-9-15(14)17/h2-4,6-7,12,14-15H,5,8-11,17H2,1H3,(H,18,19)/t12?,14-,15+/m0/s1. The zero-order valence-electron chi connectivity index (χ0n) is 11.6. The van der Waals surface area contributed by atoms with Gasteiger partial charge in [0.25, 0.3) is 0 Å². The maximum absolute atomic E-state index is 11.9. The fourth-order valence-electron chi connectivity index (χ4n) is 2.80. The maximum Gasteiger partial charge on any atom is 0.220 e. The molecule has 0 heterocycles. The quantitative estimate of drug-likeness (QED) is 0.854. The van der Waals surface area contributed by atoms with Crippen molar-refractivity contribution in [2.75, 3.05) is 6.54 Å².